The summed E-state index contributed by atoms with van der Waals surface area (Å²) in [6, 6.07) is 17.9. The van der Waals surface area contributed by atoms with Gasteiger partial charge in [0.2, 0.25) is 0 Å². The molecule has 37 heavy (non-hydrogen) atoms. The number of ketones is 1. The van der Waals surface area contributed by atoms with Crippen molar-refractivity contribution in [3.8, 4) is 5.75 Å². The van der Waals surface area contributed by atoms with Crippen LogP contribution in [0.1, 0.15) is 53.6 Å². The highest BCUT2D eigenvalue weighted by Crippen LogP contribution is 2.45. The molecule has 0 aliphatic carbocycles. The lowest BCUT2D eigenvalue weighted by Gasteiger charge is -2.23. The minimum absolute atomic E-state index is 0.0413. The molecule has 0 radical (unpaired) electrons. The lowest BCUT2D eigenvalue weighted by Crippen LogP contribution is -2.29. The molecule has 1 atom stereocenters. The SMILES string of the molecule is COc1ccc(/C(O)=C2\C(=O)C(=O)N(c3nc4c(C)cc(C)cc4s3)[C@@H]2c2ccc(C(C)C)cc2)cc1. The molecule has 1 aliphatic rings. The molecule has 6 nitrogen and oxygen atoms in total. The van der Waals surface area contributed by atoms with Crippen LogP contribution in [0.15, 0.2) is 66.2 Å². The summed E-state index contributed by atoms with van der Waals surface area (Å²) in [5.74, 6) is -0.720. The number of rotatable bonds is 5. The van der Waals surface area contributed by atoms with Gasteiger partial charge in [-0.1, -0.05) is 55.5 Å². The van der Waals surface area contributed by atoms with Gasteiger partial charge in [0.1, 0.15) is 11.5 Å². The Morgan fingerprint density at radius 2 is 1.70 bits per heavy atom. The Morgan fingerprint density at radius 3 is 2.32 bits per heavy atom. The van der Waals surface area contributed by atoms with Gasteiger partial charge < -0.3 is 9.84 Å². The zero-order valence-electron chi connectivity index (χ0n) is 21.4. The van der Waals surface area contributed by atoms with E-state index in [2.05, 4.69) is 13.8 Å². The Bertz CT molecular complexity index is 1550. The molecular formula is C30H28N2O4S. The van der Waals surface area contributed by atoms with Crippen LogP contribution in [0.2, 0.25) is 0 Å². The Morgan fingerprint density at radius 1 is 1.03 bits per heavy atom. The smallest absolute Gasteiger partial charge is 0.301 e. The molecule has 1 saturated heterocycles. The second kappa shape index (κ2) is 9.48. The lowest BCUT2D eigenvalue weighted by atomic mass is 9.93. The highest BCUT2D eigenvalue weighted by molar-refractivity contribution is 7.22. The van der Waals surface area contributed by atoms with Crippen molar-refractivity contribution in [3.05, 3.63) is 94.1 Å². The number of fused-ring (bicyclic) bond motifs is 1. The van der Waals surface area contributed by atoms with Crippen LogP contribution in [0.4, 0.5) is 5.13 Å². The van der Waals surface area contributed by atoms with Crippen molar-refractivity contribution in [1.29, 1.82) is 0 Å². The van der Waals surface area contributed by atoms with Crippen molar-refractivity contribution in [2.75, 3.05) is 12.0 Å². The number of methoxy groups -OCH3 is 1. The summed E-state index contributed by atoms with van der Waals surface area (Å²) >= 11 is 1.37. The maximum atomic E-state index is 13.5. The summed E-state index contributed by atoms with van der Waals surface area (Å²) in [5, 5.41) is 11.8. The van der Waals surface area contributed by atoms with Crippen LogP contribution in [0.25, 0.3) is 16.0 Å². The molecule has 0 unspecified atom stereocenters. The minimum Gasteiger partial charge on any atom is -0.507 e. The van der Waals surface area contributed by atoms with Gasteiger partial charge >= 0.3 is 5.91 Å². The molecule has 1 amide bonds. The normalized spacial score (nSPS) is 17.2. The van der Waals surface area contributed by atoms with E-state index in [9.17, 15) is 14.7 Å². The summed E-state index contributed by atoms with van der Waals surface area (Å²) in [6.45, 7) is 8.22. The van der Waals surface area contributed by atoms with E-state index in [1.807, 2.05) is 50.2 Å². The minimum atomic E-state index is -0.815. The number of anilines is 1. The van der Waals surface area contributed by atoms with Crippen molar-refractivity contribution >= 4 is 44.1 Å². The van der Waals surface area contributed by atoms with Gasteiger partial charge in [0.15, 0.2) is 5.13 Å². The summed E-state index contributed by atoms with van der Waals surface area (Å²) in [7, 11) is 1.56. The van der Waals surface area contributed by atoms with Gasteiger partial charge in [0.25, 0.3) is 5.78 Å². The van der Waals surface area contributed by atoms with E-state index in [4.69, 9.17) is 9.72 Å². The van der Waals surface area contributed by atoms with Crippen LogP contribution < -0.4 is 9.64 Å². The van der Waals surface area contributed by atoms with Crippen molar-refractivity contribution in [2.24, 2.45) is 0 Å². The van der Waals surface area contributed by atoms with Gasteiger partial charge in [-0.25, -0.2) is 4.98 Å². The standard InChI is InChI=1S/C30H28N2O4S/c1-16(2)19-6-8-20(9-7-19)26-24(27(33)21-10-12-22(36-5)13-11-21)28(34)29(35)32(26)30-31-25-18(4)14-17(3)15-23(25)37-30/h6-16,26,33H,1-5H3/b27-24+/t26-/m1/s1. The molecule has 1 aliphatic heterocycles. The van der Waals surface area contributed by atoms with Gasteiger partial charge in [0, 0.05) is 5.56 Å². The number of hydrogen-bond acceptors (Lipinski definition) is 6. The maximum Gasteiger partial charge on any atom is 0.301 e. The molecule has 4 aromatic rings. The van der Waals surface area contributed by atoms with Gasteiger partial charge in [-0.2, -0.15) is 0 Å². The van der Waals surface area contributed by atoms with Crippen LogP contribution in [0.5, 0.6) is 5.75 Å². The predicted molar refractivity (Wildman–Crippen MR) is 147 cm³/mol. The molecule has 1 N–H and O–H groups in total. The first-order valence-electron chi connectivity index (χ1n) is 12.1. The zero-order valence-corrected chi connectivity index (χ0v) is 22.2. The van der Waals surface area contributed by atoms with Gasteiger partial charge in [-0.3, -0.25) is 14.5 Å². The maximum absolute atomic E-state index is 13.5. The Balaban J connectivity index is 1.71. The van der Waals surface area contributed by atoms with E-state index in [1.165, 1.54) is 16.2 Å². The number of Topliss-reactive ketones (excluding diaryl/α,β-unsaturated/α-hetero) is 1. The molecule has 1 fully saturated rings. The fourth-order valence-electron chi connectivity index (χ4n) is 4.77. The fraction of sp³-hybridized carbons (Fsp3) is 0.233. The third kappa shape index (κ3) is 4.29. The van der Waals surface area contributed by atoms with E-state index < -0.39 is 17.7 Å². The number of aromatic nitrogens is 1. The summed E-state index contributed by atoms with van der Waals surface area (Å²) in [4.78, 5) is 33.2. The molecular weight excluding hydrogens is 484 g/mol. The first-order chi connectivity index (χ1) is 17.7. The number of amides is 1. The predicted octanol–water partition coefficient (Wildman–Crippen LogP) is 6.67. The molecule has 3 aromatic carbocycles. The Labute approximate surface area is 219 Å². The average Bonchev–Trinajstić information content (AvgIpc) is 3.42. The number of carbonyl (C=O) groups excluding carboxylic acids is 2. The van der Waals surface area contributed by atoms with Crippen molar-refractivity contribution in [1.82, 2.24) is 4.98 Å². The van der Waals surface area contributed by atoms with E-state index >= 15 is 0 Å². The second-order valence-electron chi connectivity index (χ2n) is 9.64. The van der Waals surface area contributed by atoms with Crippen LogP contribution in [0.3, 0.4) is 0 Å². The van der Waals surface area contributed by atoms with Crippen LogP contribution >= 0.6 is 11.3 Å². The third-order valence-electron chi connectivity index (χ3n) is 6.75. The number of carbonyl (C=O) groups is 2. The van der Waals surface area contributed by atoms with Crippen molar-refractivity contribution in [2.45, 2.75) is 39.7 Å². The lowest BCUT2D eigenvalue weighted by molar-refractivity contribution is -0.132. The number of hydrogen-bond donors (Lipinski definition) is 1. The number of ether oxygens (including phenoxy) is 1. The quantitative estimate of drug-likeness (QED) is 0.183. The summed E-state index contributed by atoms with van der Waals surface area (Å²) in [6.07, 6.45) is 0. The highest BCUT2D eigenvalue weighted by Gasteiger charge is 2.48. The van der Waals surface area contributed by atoms with Crippen LogP contribution in [-0.4, -0.2) is 28.9 Å². The molecule has 0 spiro atoms. The van der Waals surface area contributed by atoms with Gasteiger partial charge in [-0.05, 0) is 72.4 Å². The molecule has 7 heteroatoms. The van der Waals surface area contributed by atoms with Crippen LogP contribution in [0, 0.1) is 13.8 Å². The number of thiazole rings is 1. The first-order valence-corrected chi connectivity index (χ1v) is 12.9. The first kappa shape index (κ1) is 24.7. The second-order valence-corrected chi connectivity index (χ2v) is 10.7. The molecule has 0 bridgehead atoms. The number of benzene rings is 3. The van der Waals surface area contributed by atoms with Gasteiger partial charge in [-0.15, -0.1) is 0 Å². The Kier molecular flexibility index (Phi) is 6.33. The highest BCUT2D eigenvalue weighted by atomic mass is 32.1. The molecule has 1 aromatic heterocycles. The topological polar surface area (TPSA) is 79.7 Å². The third-order valence-corrected chi connectivity index (χ3v) is 7.75. The number of aryl methyl sites for hydroxylation is 2. The Hall–Kier alpha value is -3.97. The molecule has 5 rings (SSSR count). The summed E-state index contributed by atoms with van der Waals surface area (Å²) in [5.41, 5.74) is 5.25. The number of aliphatic hydroxyl groups excluding tert-OH is 1. The van der Waals surface area contributed by atoms with Crippen molar-refractivity contribution < 1.29 is 19.4 Å². The largest absolute Gasteiger partial charge is 0.507 e. The van der Waals surface area contributed by atoms with E-state index in [0.717, 1.165) is 32.5 Å². The van der Waals surface area contributed by atoms with Crippen LogP contribution in [-0.2, 0) is 9.59 Å². The van der Waals surface area contributed by atoms with Crippen molar-refractivity contribution in [3.63, 3.8) is 0 Å². The average molecular weight is 513 g/mol. The number of nitrogens with zero attached hydrogens (tertiary/aromatic N) is 2. The van der Waals surface area contributed by atoms with E-state index in [0.29, 0.717) is 22.4 Å². The fourth-order valence-corrected chi connectivity index (χ4v) is 5.94. The molecule has 0 saturated carbocycles. The molecule has 188 valence electrons. The summed E-state index contributed by atoms with van der Waals surface area (Å²) < 4.78 is 6.16. The van der Waals surface area contributed by atoms with E-state index in [1.54, 1.807) is 31.4 Å². The molecule has 2 heterocycles. The van der Waals surface area contributed by atoms with Gasteiger partial charge in [0.05, 0.1) is 28.9 Å². The number of aliphatic hydroxyl groups is 1. The van der Waals surface area contributed by atoms with E-state index in [-0.39, 0.29) is 11.3 Å². The monoisotopic (exact) mass is 512 g/mol. The zero-order chi connectivity index (χ0) is 26.4.